The number of aliphatic hydroxyl groups is 1. The largest absolute Gasteiger partial charge is 0.433 e. The molecule has 0 amide bonds. The summed E-state index contributed by atoms with van der Waals surface area (Å²) in [7, 11) is 0. The van der Waals surface area contributed by atoms with Crippen molar-refractivity contribution in [3.05, 3.63) is 23.4 Å². The van der Waals surface area contributed by atoms with E-state index in [4.69, 9.17) is 10.4 Å². The van der Waals surface area contributed by atoms with Crippen LogP contribution in [0.2, 0.25) is 0 Å². The number of halogens is 3. The Labute approximate surface area is 102 Å². The lowest BCUT2D eigenvalue weighted by atomic mass is 10.2. The Kier molecular flexibility index (Phi) is 4.50. The number of anilines is 1. The highest BCUT2D eigenvalue weighted by Gasteiger charge is 2.33. The molecule has 1 aromatic heterocycles. The molecule has 0 fully saturated rings. The monoisotopic (exact) mass is 259 g/mol. The molecule has 98 valence electrons. The van der Waals surface area contributed by atoms with Gasteiger partial charge in [-0.05, 0) is 18.1 Å². The van der Waals surface area contributed by atoms with Crippen molar-refractivity contribution in [3.63, 3.8) is 0 Å². The second-order valence-corrected chi connectivity index (χ2v) is 3.87. The van der Waals surface area contributed by atoms with E-state index in [2.05, 4.69) is 10.3 Å². The van der Waals surface area contributed by atoms with Crippen LogP contribution in [0.1, 0.15) is 18.2 Å². The number of aliphatic hydroxyl groups excluding tert-OH is 1. The first-order chi connectivity index (χ1) is 8.38. The number of nitrogens with zero attached hydrogens (tertiary/aromatic N) is 2. The van der Waals surface area contributed by atoms with Crippen LogP contribution in [0.4, 0.5) is 19.0 Å². The molecule has 1 rings (SSSR count). The van der Waals surface area contributed by atoms with E-state index in [1.165, 1.54) is 0 Å². The van der Waals surface area contributed by atoms with Gasteiger partial charge in [0.2, 0.25) is 0 Å². The van der Waals surface area contributed by atoms with E-state index in [1.807, 2.05) is 0 Å². The number of hydrogen-bond donors (Lipinski definition) is 2. The van der Waals surface area contributed by atoms with Crippen LogP contribution in [0.15, 0.2) is 12.1 Å². The molecular weight excluding hydrogens is 247 g/mol. The lowest BCUT2D eigenvalue weighted by molar-refractivity contribution is -0.141. The molecule has 1 unspecified atom stereocenters. The summed E-state index contributed by atoms with van der Waals surface area (Å²) in [5.74, 6) is -0.263. The highest BCUT2D eigenvalue weighted by molar-refractivity contribution is 5.52. The molecule has 2 N–H and O–H groups in total. The average Bonchev–Trinajstić information content (AvgIpc) is 2.34. The van der Waals surface area contributed by atoms with Gasteiger partial charge in [0, 0.05) is 13.2 Å². The second-order valence-electron chi connectivity index (χ2n) is 3.87. The van der Waals surface area contributed by atoms with Crippen LogP contribution in [0.5, 0.6) is 0 Å². The zero-order chi connectivity index (χ0) is 13.8. The number of nitrogens with one attached hydrogen (secondary N) is 1. The fraction of sp³-hybridized carbons (Fsp3) is 0.455. The van der Waals surface area contributed by atoms with E-state index in [1.54, 1.807) is 13.0 Å². The summed E-state index contributed by atoms with van der Waals surface area (Å²) in [6.07, 6.45) is -4.55. The highest BCUT2D eigenvalue weighted by atomic mass is 19.4. The Bertz CT molecular complexity index is 454. The summed E-state index contributed by atoms with van der Waals surface area (Å²) in [5, 5.41) is 20.2. The lowest BCUT2D eigenvalue weighted by Gasteiger charge is -2.13. The van der Waals surface area contributed by atoms with Crippen molar-refractivity contribution < 1.29 is 18.3 Å². The average molecular weight is 259 g/mol. The fourth-order valence-electron chi connectivity index (χ4n) is 1.18. The summed E-state index contributed by atoms with van der Waals surface area (Å²) in [5.41, 5.74) is -1.02. The number of hydrogen-bond acceptors (Lipinski definition) is 4. The van der Waals surface area contributed by atoms with Crippen molar-refractivity contribution >= 4 is 5.82 Å². The minimum absolute atomic E-state index is 0.0353. The molecule has 0 bridgehead atoms. The van der Waals surface area contributed by atoms with Crippen LogP contribution in [0, 0.1) is 17.2 Å². The molecule has 1 atom stereocenters. The van der Waals surface area contributed by atoms with E-state index < -0.39 is 11.9 Å². The van der Waals surface area contributed by atoms with Gasteiger partial charge in [-0.3, -0.25) is 0 Å². The van der Waals surface area contributed by atoms with Crippen molar-refractivity contribution in [3.8, 4) is 6.07 Å². The normalized spacial score (nSPS) is 12.9. The first-order valence-electron chi connectivity index (χ1n) is 5.21. The van der Waals surface area contributed by atoms with E-state index in [0.717, 1.165) is 12.1 Å². The molecule has 0 spiro atoms. The third-order valence-electron chi connectivity index (χ3n) is 2.24. The number of rotatable bonds is 4. The first kappa shape index (κ1) is 14.3. The Hall–Kier alpha value is -1.81. The minimum atomic E-state index is -4.55. The summed E-state index contributed by atoms with van der Waals surface area (Å²) in [6, 6.07) is 3.60. The number of pyridine rings is 1. The number of aromatic nitrogens is 1. The molecule has 4 nitrogen and oxygen atoms in total. The number of nitriles is 1. The molecule has 1 heterocycles. The van der Waals surface area contributed by atoms with Gasteiger partial charge in [0.25, 0.3) is 0 Å². The molecule has 1 aromatic rings. The Morgan fingerprint density at radius 2 is 2.17 bits per heavy atom. The van der Waals surface area contributed by atoms with Crippen LogP contribution < -0.4 is 5.32 Å². The molecule has 0 aliphatic rings. The van der Waals surface area contributed by atoms with Gasteiger partial charge < -0.3 is 10.4 Å². The highest BCUT2D eigenvalue weighted by Crippen LogP contribution is 2.29. The van der Waals surface area contributed by atoms with Crippen molar-refractivity contribution in [1.29, 1.82) is 5.26 Å². The Morgan fingerprint density at radius 3 is 2.67 bits per heavy atom. The van der Waals surface area contributed by atoms with Crippen molar-refractivity contribution in [2.24, 2.45) is 5.92 Å². The van der Waals surface area contributed by atoms with Crippen molar-refractivity contribution in [1.82, 2.24) is 4.98 Å². The van der Waals surface area contributed by atoms with Gasteiger partial charge >= 0.3 is 6.18 Å². The summed E-state index contributed by atoms with van der Waals surface area (Å²) < 4.78 is 37.4. The molecule has 7 heteroatoms. The third kappa shape index (κ3) is 3.60. The zero-order valence-corrected chi connectivity index (χ0v) is 9.62. The van der Waals surface area contributed by atoms with Crippen LogP contribution >= 0.6 is 0 Å². The van der Waals surface area contributed by atoms with E-state index in [0.29, 0.717) is 0 Å². The Balaban J connectivity index is 2.97. The van der Waals surface area contributed by atoms with Gasteiger partial charge in [-0.2, -0.15) is 18.4 Å². The molecule has 0 aromatic carbocycles. The van der Waals surface area contributed by atoms with E-state index >= 15 is 0 Å². The molecule has 0 radical (unpaired) electrons. The zero-order valence-electron chi connectivity index (χ0n) is 9.62. The number of alkyl halides is 3. The molecule has 0 saturated carbocycles. The molecule has 0 aliphatic heterocycles. The molecule has 0 aliphatic carbocycles. The SMILES string of the molecule is CC(CO)CNc1nc(C(F)(F)F)ccc1C#N. The van der Waals surface area contributed by atoms with Crippen molar-refractivity contribution in [2.75, 3.05) is 18.5 Å². The summed E-state index contributed by atoms with van der Waals surface area (Å²) >= 11 is 0. The maximum absolute atomic E-state index is 12.5. The van der Waals surface area contributed by atoms with Gasteiger partial charge in [0.1, 0.15) is 17.6 Å². The quantitative estimate of drug-likeness (QED) is 0.867. The van der Waals surface area contributed by atoms with E-state index in [-0.39, 0.29) is 30.5 Å². The van der Waals surface area contributed by atoms with Crippen molar-refractivity contribution in [2.45, 2.75) is 13.1 Å². The van der Waals surface area contributed by atoms with Crippen LogP contribution in [0.3, 0.4) is 0 Å². The summed E-state index contributed by atoms with van der Waals surface area (Å²) in [6.45, 7) is 1.85. The van der Waals surface area contributed by atoms with Crippen LogP contribution in [-0.4, -0.2) is 23.2 Å². The van der Waals surface area contributed by atoms with Gasteiger partial charge in [-0.1, -0.05) is 6.92 Å². The molecule has 0 saturated heterocycles. The predicted molar refractivity (Wildman–Crippen MR) is 58.7 cm³/mol. The smallest absolute Gasteiger partial charge is 0.396 e. The standard InChI is InChI=1S/C11H12F3N3O/c1-7(6-18)5-16-10-8(4-15)2-3-9(17-10)11(12,13)14/h2-3,7,18H,5-6H2,1H3,(H,16,17). The lowest BCUT2D eigenvalue weighted by Crippen LogP contribution is -2.17. The minimum Gasteiger partial charge on any atom is -0.396 e. The third-order valence-corrected chi connectivity index (χ3v) is 2.24. The molecular formula is C11H12F3N3O. The predicted octanol–water partition coefficient (Wildman–Crippen LogP) is 2.01. The van der Waals surface area contributed by atoms with Gasteiger partial charge in [0.05, 0.1) is 5.56 Å². The maximum Gasteiger partial charge on any atom is 0.433 e. The van der Waals surface area contributed by atoms with Gasteiger partial charge in [-0.15, -0.1) is 0 Å². The van der Waals surface area contributed by atoms with E-state index in [9.17, 15) is 13.2 Å². The van der Waals surface area contributed by atoms with Gasteiger partial charge in [-0.25, -0.2) is 4.98 Å². The second kappa shape index (κ2) is 5.69. The maximum atomic E-state index is 12.5. The topological polar surface area (TPSA) is 68.9 Å². The summed E-state index contributed by atoms with van der Waals surface area (Å²) in [4.78, 5) is 3.38. The molecule has 18 heavy (non-hydrogen) atoms. The van der Waals surface area contributed by atoms with Crippen LogP contribution in [-0.2, 0) is 6.18 Å². The first-order valence-corrected chi connectivity index (χ1v) is 5.21. The Morgan fingerprint density at radius 1 is 1.50 bits per heavy atom. The van der Waals surface area contributed by atoms with Crippen LogP contribution in [0.25, 0.3) is 0 Å². The van der Waals surface area contributed by atoms with Gasteiger partial charge in [0.15, 0.2) is 0 Å². The fourth-order valence-corrected chi connectivity index (χ4v) is 1.18.